The van der Waals surface area contributed by atoms with Gasteiger partial charge in [-0.15, -0.1) is 0 Å². The SMILES string of the molecule is FC(F)(F)c1nc2ccccn2c1-c1cncc(Nc2cnc(Cl)nc2)n1. The smallest absolute Gasteiger partial charge is 0.336 e. The van der Waals surface area contributed by atoms with Gasteiger partial charge in [0.2, 0.25) is 5.28 Å². The zero-order chi connectivity index (χ0) is 19.0. The number of hydrogen-bond acceptors (Lipinski definition) is 6. The first-order chi connectivity index (χ1) is 12.9. The lowest BCUT2D eigenvalue weighted by molar-refractivity contribution is -0.140. The Morgan fingerprint density at radius 1 is 1.00 bits per heavy atom. The minimum atomic E-state index is -4.64. The molecule has 1 N–H and O–H groups in total. The lowest BCUT2D eigenvalue weighted by Crippen LogP contribution is -2.09. The van der Waals surface area contributed by atoms with Gasteiger partial charge in [0.15, 0.2) is 5.69 Å². The van der Waals surface area contributed by atoms with Crippen molar-refractivity contribution in [3.8, 4) is 11.4 Å². The minimum Gasteiger partial charge on any atom is -0.336 e. The van der Waals surface area contributed by atoms with Gasteiger partial charge in [0, 0.05) is 6.20 Å². The van der Waals surface area contributed by atoms with E-state index in [2.05, 4.69) is 30.2 Å². The summed E-state index contributed by atoms with van der Waals surface area (Å²) in [6, 6.07) is 4.70. The van der Waals surface area contributed by atoms with E-state index in [9.17, 15) is 13.2 Å². The molecule has 0 saturated carbocycles. The van der Waals surface area contributed by atoms with Gasteiger partial charge in [-0.3, -0.25) is 9.38 Å². The normalized spacial score (nSPS) is 11.7. The van der Waals surface area contributed by atoms with Crippen LogP contribution in [0.5, 0.6) is 0 Å². The van der Waals surface area contributed by atoms with Crippen molar-refractivity contribution in [1.82, 2.24) is 29.3 Å². The monoisotopic (exact) mass is 391 g/mol. The van der Waals surface area contributed by atoms with Crippen LogP contribution < -0.4 is 5.32 Å². The van der Waals surface area contributed by atoms with Crippen LogP contribution in [0.25, 0.3) is 17.0 Å². The van der Waals surface area contributed by atoms with E-state index in [4.69, 9.17) is 11.6 Å². The van der Waals surface area contributed by atoms with Crippen LogP contribution in [-0.4, -0.2) is 29.3 Å². The van der Waals surface area contributed by atoms with Gasteiger partial charge >= 0.3 is 6.18 Å². The fraction of sp³-hybridized carbons (Fsp3) is 0.0625. The van der Waals surface area contributed by atoms with Crippen molar-refractivity contribution in [3.05, 3.63) is 60.2 Å². The Balaban J connectivity index is 1.81. The second-order valence-corrected chi connectivity index (χ2v) is 5.73. The molecular weight excluding hydrogens is 383 g/mol. The van der Waals surface area contributed by atoms with Gasteiger partial charge in [0.05, 0.1) is 30.5 Å². The van der Waals surface area contributed by atoms with E-state index in [1.54, 1.807) is 12.1 Å². The second-order valence-electron chi connectivity index (χ2n) is 5.39. The highest BCUT2D eigenvalue weighted by molar-refractivity contribution is 6.28. The predicted octanol–water partition coefficient (Wildman–Crippen LogP) is 4.00. The zero-order valence-corrected chi connectivity index (χ0v) is 14.1. The summed E-state index contributed by atoms with van der Waals surface area (Å²) in [4.78, 5) is 19.5. The Morgan fingerprint density at radius 2 is 1.78 bits per heavy atom. The van der Waals surface area contributed by atoms with Crippen molar-refractivity contribution in [1.29, 1.82) is 0 Å². The summed E-state index contributed by atoms with van der Waals surface area (Å²) in [6.07, 6.45) is 2.29. The lowest BCUT2D eigenvalue weighted by atomic mass is 10.2. The number of halogens is 4. The van der Waals surface area contributed by atoms with E-state index >= 15 is 0 Å². The average Bonchev–Trinajstić information content (AvgIpc) is 3.04. The largest absolute Gasteiger partial charge is 0.435 e. The molecule has 0 aromatic carbocycles. The fourth-order valence-electron chi connectivity index (χ4n) is 2.50. The topological polar surface area (TPSA) is 80.9 Å². The molecule has 7 nitrogen and oxygen atoms in total. The van der Waals surface area contributed by atoms with Crippen molar-refractivity contribution in [2.45, 2.75) is 6.18 Å². The van der Waals surface area contributed by atoms with E-state index in [1.807, 2.05) is 0 Å². The maximum absolute atomic E-state index is 13.5. The van der Waals surface area contributed by atoms with Crippen molar-refractivity contribution in [2.75, 3.05) is 5.32 Å². The summed E-state index contributed by atoms with van der Waals surface area (Å²) in [7, 11) is 0. The van der Waals surface area contributed by atoms with E-state index in [-0.39, 0.29) is 28.1 Å². The maximum Gasteiger partial charge on any atom is 0.435 e. The third kappa shape index (κ3) is 3.38. The molecule has 0 unspecified atom stereocenters. The van der Waals surface area contributed by atoms with Crippen LogP contribution in [0.15, 0.2) is 49.2 Å². The summed E-state index contributed by atoms with van der Waals surface area (Å²) >= 11 is 5.63. The molecule has 0 aliphatic carbocycles. The van der Waals surface area contributed by atoms with Crippen LogP contribution in [0.1, 0.15) is 5.69 Å². The highest BCUT2D eigenvalue weighted by Crippen LogP contribution is 2.36. The molecule has 27 heavy (non-hydrogen) atoms. The van der Waals surface area contributed by atoms with Crippen LogP contribution >= 0.6 is 11.6 Å². The molecule has 4 rings (SSSR count). The van der Waals surface area contributed by atoms with E-state index in [1.165, 1.54) is 41.5 Å². The van der Waals surface area contributed by atoms with Crippen molar-refractivity contribution in [2.24, 2.45) is 0 Å². The molecule has 4 aromatic rings. The first-order valence-electron chi connectivity index (χ1n) is 7.53. The van der Waals surface area contributed by atoms with Gasteiger partial charge < -0.3 is 5.32 Å². The summed E-state index contributed by atoms with van der Waals surface area (Å²) in [5, 5.41) is 2.94. The number of anilines is 2. The predicted molar refractivity (Wildman–Crippen MR) is 91.5 cm³/mol. The summed E-state index contributed by atoms with van der Waals surface area (Å²) in [5.41, 5.74) is -0.594. The van der Waals surface area contributed by atoms with E-state index in [0.29, 0.717) is 5.69 Å². The molecule has 0 amide bonds. The van der Waals surface area contributed by atoms with Crippen LogP contribution in [0.4, 0.5) is 24.7 Å². The molecule has 0 bridgehead atoms. The third-order valence-electron chi connectivity index (χ3n) is 3.57. The number of fused-ring (bicyclic) bond motifs is 1. The molecule has 0 aliphatic rings. The van der Waals surface area contributed by atoms with Crippen molar-refractivity contribution in [3.63, 3.8) is 0 Å². The molecule has 0 fully saturated rings. The maximum atomic E-state index is 13.5. The molecule has 0 atom stereocenters. The Hall–Kier alpha value is -3.27. The average molecular weight is 392 g/mol. The molecular formula is C16H9ClF3N7. The van der Waals surface area contributed by atoms with E-state index in [0.717, 1.165) is 0 Å². The number of nitrogens with one attached hydrogen (secondary N) is 1. The van der Waals surface area contributed by atoms with Gasteiger partial charge in [-0.2, -0.15) is 13.2 Å². The molecule has 0 aliphatic heterocycles. The summed E-state index contributed by atoms with van der Waals surface area (Å²) in [5.74, 6) is 0.220. The number of pyridine rings is 1. The molecule has 0 saturated heterocycles. The fourth-order valence-corrected chi connectivity index (χ4v) is 2.60. The number of aromatic nitrogens is 6. The van der Waals surface area contributed by atoms with Gasteiger partial charge in [0.1, 0.15) is 22.9 Å². The quantitative estimate of drug-likeness (QED) is 0.532. The van der Waals surface area contributed by atoms with Gasteiger partial charge in [-0.25, -0.2) is 19.9 Å². The first kappa shape index (κ1) is 17.2. The van der Waals surface area contributed by atoms with Crippen molar-refractivity contribution < 1.29 is 13.2 Å². The van der Waals surface area contributed by atoms with Crippen LogP contribution in [0, 0.1) is 0 Å². The Morgan fingerprint density at radius 3 is 2.52 bits per heavy atom. The Kier molecular flexibility index (Phi) is 4.11. The number of imidazole rings is 1. The lowest BCUT2D eigenvalue weighted by Gasteiger charge is -2.09. The Bertz CT molecular complexity index is 1110. The summed E-state index contributed by atoms with van der Waals surface area (Å²) in [6.45, 7) is 0. The van der Waals surface area contributed by atoms with E-state index < -0.39 is 11.9 Å². The Labute approximate surface area is 154 Å². The van der Waals surface area contributed by atoms with Crippen LogP contribution in [0.3, 0.4) is 0 Å². The molecule has 4 aromatic heterocycles. The molecule has 4 heterocycles. The number of rotatable bonds is 3. The molecule has 0 radical (unpaired) electrons. The highest BCUT2D eigenvalue weighted by Gasteiger charge is 2.38. The molecule has 136 valence electrons. The highest BCUT2D eigenvalue weighted by atomic mass is 35.5. The number of nitrogens with zero attached hydrogens (tertiary/aromatic N) is 6. The standard InChI is InChI=1S/C16H9ClF3N7/c17-15-22-5-9(6-23-15)24-11-8-21-7-10(25-11)13-14(16(18,19)20)26-12-3-1-2-4-27(12)13/h1-8H,(H,24,25). The second kappa shape index (κ2) is 6.47. The zero-order valence-electron chi connectivity index (χ0n) is 13.3. The van der Waals surface area contributed by atoms with Crippen LogP contribution in [0.2, 0.25) is 5.28 Å². The van der Waals surface area contributed by atoms with Gasteiger partial charge in [0.25, 0.3) is 0 Å². The minimum absolute atomic E-state index is 0.0147. The van der Waals surface area contributed by atoms with Crippen LogP contribution in [-0.2, 0) is 6.18 Å². The van der Waals surface area contributed by atoms with Crippen molar-refractivity contribution >= 4 is 28.8 Å². The third-order valence-corrected chi connectivity index (χ3v) is 3.76. The number of alkyl halides is 3. The summed E-state index contributed by atoms with van der Waals surface area (Å²) < 4.78 is 41.8. The molecule has 0 spiro atoms. The molecule has 11 heteroatoms. The number of hydrogen-bond donors (Lipinski definition) is 1. The van der Waals surface area contributed by atoms with Gasteiger partial charge in [-0.05, 0) is 23.7 Å². The first-order valence-corrected chi connectivity index (χ1v) is 7.91. The van der Waals surface area contributed by atoms with Gasteiger partial charge in [-0.1, -0.05) is 6.07 Å².